The summed E-state index contributed by atoms with van der Waals surface area (Å²) in [6, 6.07) is 5.83. The number of halogens is 1. The van der Waals surface area contributed by atoms with Gasteiger partial charge in [0.2, 0.25) is 0 Å². The fourth-order valence-corrected chi connectivity index (χ4v) is 2.76. The van der Waals surface area contributed by atoms with Crippen molar-refractivity contribution < 1.29 is 19.1 Å². The zero-order valence-electron chi connectivity index (χ0n) is 13.9. The van der Waals surface area contributed by atoms with Gasteiger partial charge in [0.05, 0.1) is 24.6 Å². The molecule has 0 radical (unpaired) electrons. The summed E-state index contributed by atoms with van der Waals surface area (Å²) >= 11 is 0. The molecule has 6 nitrogen and oxygen atoms in total. The van der Waals surface area contributed by atoms with Gasteiger partial charge < -0.3 is 14.6 Å². The summed E-state index contributed by atoms with van der Waals surface area (Å²) in [7, 11) is 0. The van der Waals surface area contributed by atoms with Gasteiger partial charge >= 0.3 is 0 Å². The number of aliphatic hydroxyl groups excluding tert-OH is 1. The molecule has 1 aliphatic rings. The minimum Gasteiger partial charge on any atom is -0.505 e. The van der Waals surface area contributed by atoms with E-state index in [1.165, 1.54) is 29.6 Å². The molecule has 2 heterocycles. The topological polar surface area (TPSA) is 75.4 Å². The van der Waals surface area contributed by atoms with Gasteiger partial charge in [0.1, 0.15) is 17.3 Å². The van der Waals surface area contributed by atoms with E-state index in [1.807, 2.05) is 13.8 Å². The minimum atomic E-state index is -0.694. The first-order valence-corrected chi connectivity index (χ1v) is 7.91. The van der Waals surface area contributed by atoms with Gasteiger partial charge in [-0.05, 0) is 31.5 Å². The molecule has 0 atom stereocenters. The Hall–Kier alpha value is -2.96. The van der Waals surface area contributed by atoms with Crippen LogP contribution in [0.2, 0.25) is 0 Å². The van der Waals surface area contributed by atoms with E-state index in [9.17, 15) is 19.1 Å². The van der Waals surface area contributed by atoms with Crippen molar-refractivity contribution in [2.45, 2.75) is 26.4 Å². The number of rotatable bonds is 4. The fourth-order valence-electron chi connectivity index (χ4n) is 2.76. The summed E-state index contributed by atoms with van der Waals surface area (Å²) in [6.45, 7) is 4.04. The molecule has 3 rings (SSSR count). The third-order valence-corrected chi connectivity index (χ3v) is 4.19. The van der Waals surface area contributed by atoms with Crippen LogP contribution in [0.25, 0.3) is 5.76 Å². The van der Waals surface area contributed by atoms with E-state index in [2.05, 4.69) is 4.98 Å². The zero-order chi connectivity index (χ0) is 18.1. The molecule has 1 saturated heterocycles. The fraction of sp³-hybridized carbons (Fsp3) is 0.278. The van der Waals surface area contributed by atoms with Crippen LogP contribution in [0, 0.1) is 5.82 Å². The molecule has 1 aromatic heterocycles. The third kappa shape index (κ3) is 3.17. The lowest BCUT2D eigenvalue weighted by atomic mass is 10.1. The number of aliphatic hydroxyl groups is 1. The van der Waals surface area contributed by atoms with Crippen LogP contribution in [-0.2, 0) is 16.1 Å². The Bertz CT molecular complexity index is 853. The number of likely N-dealkylation sites (tertiary alicyclic amines) is 1. The number of carbonyl (C=O) groups is 2. The third-order valence-electron chi connectivity index (χ3n) is 4.19. The standard InChI is InChI=1S/C18H18FN3O3/c1-11(2)22-9-14(17(24)18(22)25)16(23)15-7-20-10-21(15)8-12-3-5-13(19)6-4-12/h3-7,10-11,23H,8-9H2,1-2H3/b16-14-. The molecule has 1 aromatic carbocycles. The van der Waals surface area contributed by atoms with E-state index in [-0.39, 0.29) is 29.7 Å². The monoisotopic (exact) mass is 343 g/mol. The molecule has 0 spiro atoms. The SMILES string of the molecule is CC(C)N1C/C(=C(/O)c2cncn2Cc2ccc(F)cc2)C(=O)C1=O. The van der Waals surface area contributed by atoms with E-state index in [1.54, 1.807) is 16.7 Å². The zero-order valence-corrected chi connectivity index (χ0v) is 13.9. The highest BCUT2D eigenvalue weighted by molar-refractivity contribution is 6.46. The van der Waals surface area contributed by atoms with E-state index < -0.39 is 11.7 Å². The van der Waals surface area contributed by atoms with E-state index in [0.717, 1.165) is 5.56 Å². The summed E-state index contributed by atoms with van der Waals surface area (Å²) in [4.78, 5) is 29.6. The van der Waals surface area contributed by atoms with Crippen LogP contribution in [-0.4, -0.2) is 43.8 Å². The summed E-state index contributed by atoms with van der Waals surface area (Å²) in [6.07, 6.45) is 2.94. The number of amides is 1. The molecule has 25 heavy (non-hydrogen) atoms. The van der Waals surface area contributed by atoms with Crippen LogP contribution in [0.15, 0.2) is 42.4 Å². The predicted octanol–water partition coefficient (Wildman–Crippen LogP) is 2.16. The maximum atomic E-state index is 13.0. The van der Waals surface area contributed by atoms with Gasteiger partial charge in [0, 0.05) is 12.6 Å². The van der Waals surface area contributed by atoms with Gasteiger partial charge in [-0.3, -0.25) is 9.59 Å². The number of benzene rings is 1. The van der Waals surface area contributed by atoms with Crippen molar-refractivity contribution in [1.82, 2.24) is 14.5 Å². The molecule has 130 valence electrons. The van der Waals surface area contributed by atoms with Crippen molar-refractivity contribution in [3.63, 3.8) is 0 Å². The Labute approximate surface area is 144 Å². The molecular formula is C18H18FN3O3. The second-order valence-electron chi connectivity index (χ2n) is 6.22. The van der Waals surface area contributed by atoms with Gasteiger partial charge in [0.15, 0.2) is 0 Å². The van der Waals surface area contributed by atoms with Crippen molar-refractivity contribution in [3.8, 4) is 0 Å². The van der Waals surface area contributed by atoms with Crippen molar-refractivity contribution in [2.24, 2.45) is 0 Å². The van der Waals surface area contributed by atoms with Crippen LogP contribution in [0.3, 0.4) is 0 Å². The number of nitrogens with zero attached hydrogens (tertiary/aromatic N) is 3. The summed E-state index contributed by atoms with van der Waals surface area (Å²) < 4.78 is 14.7. The average Bonchev–Trinajstić information content (AvgIpc) is 3.15. The molecule has 2 aromatic rings. The molecule has 1 N–H and O–H groups in total. The number of imidazole rings is 1. The molecule has 1 amide bonds. The molecule has 0 aliphatic carbocycles. The largest absolute Gasteiger partial charge is 0.505 e. The molecule has 1 aliphatic heterocycles. The van der Waals surface area contributed by atoms with Crippen LogP contribution in [0.5, 0.6) is 0 Å². The molecular weight excluding hydrogens is 325 g/mol. The summed E-state index contributed by atoms with van der Waals surface area (Å²) in [5, 5.41) is 10.6. The van der Waals surface area contributed by atoms with Gasteiger partial charge in [-0.2, -0.15) is 0 Å². The van der Waals surface area contributed by atoms with E-state index in [0.29, 0.717) is 12.2 Å². The van der Waals surface area contributed by atoms with Crippen molar-refractivity contribution in [2.75, 3.05) is 6.54 Å². The van der Waals surface area contributed by atoms with Crippen LogP contribution in [0.4, 0.5) is 4.39 Å². The lowest BCUT2D eigenvalue weighted by Gasteiger charge is -2.18. The van der Waals surface area contributed by atoms with Crippen molar-refractivity contribution in [1.29, 1.82) is 0 Å². The van der Waals surface area contributed by atoms with Gasteiger partial charge in [0.25, 0.3) is 11.7 Å². The molecule has 7 heteroatoms. The maximum Gasteiger partial charge on any atom is 0.295 e. The van der Waals surface area contributed by atoms with Crippen LogP contribution in [0.1, 0.15) is 25.1 Å². The first-order chi connectivity index (χ1) is 11.9. The second-order valence-corrected chi connectivity index (χ2v) is 6.22. The number of aromatic nitrogens is 2. The van der Waals surface area contributed by atoms with Crippen LogP contribution < -0.4 is 0 Å². The Morgan fingerprint density at radius 2 is 1.96 bits per heavy atom. The lowest BCUT2D eigenvalue weighted by molar-refractivity contribution is -0.140. The molecule has 0 bridgehead atoms. The number of hydrogen-bond donors (Lipinski definition) is 1. The normalized spacial score (nSPS) is 16.9. The number of ketones is 1. The van der Waals surface area contributed by atoms with Crippen molar-refractivity contribution >= 4 is 17.4 Å². The van der Waals surface area contributed by atoms with Gasteiger partial charge in [-0.1, -0.05) is 12.1 Å². The minimum absolute atomic E-state index is 0.0690. The highest BCUT2D eigenvalue weighted by atomic mass is 19.1. The number of Topliss-reactive ketones (excluding diaryl/α,β-unsaturated/α-hetero) is 1. The molecule has 0 unspecified atom stereocenters. The quantitative estimate of drug-likeness (QED) is 0.524. The maximum absolute atomic E-state index is 13.0. The number of hydrogen-bond acceptors (Lipinski definition) is 4. The molecule has 0 saturated carbocycles. The first-order valence-electron chi connectivity index (χ1n) is 7.91. The number of carbonyl (C=O) groups excluding carboxylic acids is 2. The Morgan fingerprint density at radius 3 is 2.56 bits per heavy atom. The van der Waals surface area contributed by atoms with E-state index in [4.69, 9.17) is 0 Å². The second kappa shape index (κ2) is 6.51. The Balaban J connectivity index is 1.92. The Morgan fingerprint density at radius 1 is 1.28 bits per heavy atom. The first kappa shape index (κ1) is 16.9. The van der Waals surface area contributed by atoms with E-state index >= 15 is 0 Å². The lowest BCUT2D eigenvalue weighted by Crippen LogP contribution is -2.33. The predicted molar refractivity (Wildman–Crippen MR) is 89.1 cm³/mol. The van der Waals surface area contributed by atoms with Crippen LogP contribution >= 0.6 is 0 Å². The highest BCUT2D eigenvalue weighted by Crippen LogP contribution is 2.24. The Kier molecular flexibility index (Phi) is 4.39. The molecule has 1 fully saturated rings. The van der Waals surface area contributed by atoms with Gasteiger partial charge in [-0.25, -0.2) is 9.37 Å². The highest BCUT2D eigenvalue weighted by Gasteiger charge is 2.38. The van der Waals surface area contributed by atoms with Crippen molar-refractivity contribution in [3.05, 3.63) is 59.4 Å². The summed E-state index contributed by atoms with van der Waals surface area (Å²) in [5.74, 6) is -1.88. The van der Waals surface area contributed by atoms with Gasteiger partial charge in [-0.15, -0.1) is 0 Å². The summed E-state index contributed by atoms with van der Waals surface area (Å²) in [5.41, 5.74) is 1.22. The average molecular weight is 343 g/mol. The smallest absolute Gasteiger partial charge is 0.295 e.